The fourth-order valence-corrected chi connectivity index (χ4v) is 5.03. The van der Waals surface area contributed by atoms with E-state index in [2.05, 4.69) is 5.32 Å². The number of nitrogens with one attached hydrogen (secondary N) is 1. The Balaban J connectivity index is 1.52. The summed E-state index contributed by atoms with van der Waals surface area (Å²) >= 11 is 0. The van der Waals surface area contributed by atoms with Gasteiger partial charge in [-0.1, -0.05) is 25.7 Å². The Morgan fingerprint density at radius 1 is 1.23 bits per heavy atom. The molecule has 0 spiro atoms. The van der Waals surface area contributed by atoms with Crippen molar-refractivity contribution in [1.82, 2.24) is 14.8 Å². The first-order chi connectivity index (χ1) is 15.0. The summed E-state index contributed by atoms with van der Waals surface area (Å²) in [5, 5.41) is 3.28. The summed E-state index contributed by atoms with van der Waals surface area (Å²) in [7, 11) is 0. The van der Waals surface area contributed by atoms with Gasteiger partial charge >= 0.3 is 0 Å². The van der Waals surface area contributed by atoms with Gasteiger partial charge in [0.2, 0.25) is 5.91 Å². The van der Waals surface area contributed by atoms with E-state index in [0.717, 1.165) is 37.0 Å². The smallest absolute Gasteiger partial charge is 0.272 e. The minimum Gasteiger partial charge on any atom is -0.467 e. The molecular formula is C24H29N3O4. The predicted molar refractivity (Wildman–Crippen MR) is 116 cm³/mol. The van der Waals surface area contributed by atoms with Gasteiger partial charge in [-0.15, -0.1) is 0 Å². The molecule has 7 nitrogen and oxygen atoms in total. The monoisotopic (exact) mass is 423 g/mol. The highest BCUT2D eigenvalue weighted by Gasteiger charge is 2.48. The molecule has 0 saturated heterocycles. The Morgan fingerprint density at radius 3 is 2.71 bits per heavy atom. The third kappa shape index (κ3) is 3.46. The highest BCUT2D eigenvalue weighted by Crippen LogP contribution is 2.35. The van der Waals surface area contributed by atoms with Crippen molar-refractivity contribution in [2.45, 2.75) is 77.0 Å². The Bertz CT molecular complexity index is 1100. The highest BCUT2D eigenvalue weighted by atomic mass is 16.3. The third-order valence-corrected chi connectivity index (χ3v) is 6.81. The molecule has 2 amide bonds. The van der Waals surface area contributed by atoms with Crippen LogP contribution in [0.15, 0.2) is 39.4 Å². The van der Waals surface area contributed by atoms with Crippen molar-refractivity contribution in [3.05, 3.63) is 47.7 Å². The summed E-state index contributed by atoms with van der Waals surface area (Å²) in [6.45, 7) is 4.36. The van der Waals surface area contributed by atoms with Crippen molar-refractivity contribution in [2.24, 2.45) is 0 Å². The summed E-state index contributed by atoms with van der Waals surface area (Å²) in [6.07, 6.45) is 8.28. The molecule has 164 valence electrons. The molecule has 31 heavy (non-hydrogen) atoms. The summed E-state index contributed by atoms with van der Waals surface area (Å²) < 4.78 is 13.2. The zero-order chi connectivity index (χ0) is 21.6. The number of amides is 2. The van der Waals surface area contributed by atoms with Crippen LogP contribution in [0.1, 0.15) is 67.5 Å². The first-order valence-corrected chi connectivity index (χ1v) is 11.2. The Morgan fingerprint density at radius 2 is 2.00 bits per heavy atom. The number of aromatic nitrogens is 1. The number of fused-ring (bicyclic) bond motifs is 3. The Hall–Kier alpha value is -2.96. The quantitative estimate of drug-likeness (QED) is 0.631. The second-order valence-corrected chi connectivity index (χ2v) is 9.13. The zero-order valence-corrected chi connectivity index (χ0v) is 18.1. The lowest BCUT2D eigenvalue weighted by atomic mass is 9.93. The first kappa shape index (κ1) is 20.0. The average Bonchev–Trinajstić information content (AvgIpc) is 3.39. The van der Waals surface area contributed by atoms with Crippen molar-refractivity contribution in [2.75, 3.05) is 0 Å². The van der Waals surface area contributed by atoms with Crippen LogP contribution in [-0.2, 0) is 17.9 Å². The van der Waals surface area contributed by atoms with E-state index in [1.54, 1.807) is 23.3 Å². The number of nitrogens with zero attached hydrogens (tertiary/aromatic N) is 2. The number of rotatable bonds is 4. The molecule has 7 heteroatoms. The Labute approximate surface area is 181 Å². The molecule has 5 rings (SSSR count). The van der Waals surface area contributed by atoms with E-state index in [-0.39, 0.29) is 24.4 Å². The van der Waals surface area contributed by atoms with E-state index in [9.17, 15) is 9.59 Å². The van der Waals surface area contributed by atoms with Gasteiger partial charge in [-0.3, -0.25) is 9.59 Å². The van der Waals surface area contributed by atoms with Gasteiger partial charge in [0.25, 0.3) is 5.91 Å². The summed E-state index contributed by atoms with van der Waals surface area (Å²) in [5.41, 5.74) is 1.03. The van der Waals surface area contributed by atoms with Gasteiger partial charge in [0.1, 0.15) is 22.8 Å². The summed E-state index contributed by atoms with van der Waals surface area (Å²) in [6, 6.07) is 7.50. The van der Waals surface area contributed by atoms with Crippen LogP contribution in [-0.4, -0.2) is 32.9 Å². The second-order valence-electron chi connectivity index (χ2n) is 9.13. The maximum absolute atomic E-state index is 13.7. The number of hydrogen-bond donors (Lipinski definition) is 1. The van der Waals surface area contributed by atoms with Gasteiger partial charge in [-0.25, -0.2) is 0 Å². The van der Waals surface area contributed by atoms with Crippen LogP contribution in [0.5, 0.6) is 0 Å². The standard InChI is InChI=1S/C24H29N3O4/c1-16-12-19-21(31-16)13-20-22(28)27(14-18-10-7-11-30-18)24(2,15-26(19)20)23(29)25-17-8-5-3-4-6-9-17/h7,10-13,17H,3-6,8-9,14-15H2,1-2H3,(H,25,29)/t24-/m0/s1. The number of carbonyl (C=O) groups is 2. The molecule has 2 aliphatic rings. The lowest BCUT2D eigenvalue weighted by Gasteiger charge is -2.44. The molecule has 3 aromatic rings. The minimum absolute atomic E-state index is 0.105. The maximum Gasteiger partial charge on any atom is 0.272 e. The number of furan rings is 2. The van der Waals surface area contributed by atoms with Gasteiger partial charge < -0.3 is 23.6 Å². The molecule has 0 bridgehead atoms. The summed E-state index contributed by atoms with van der Waals surface area (Å²) in [5.74, 6) is 1.15. The zero-order valence-electron chi connectivity index (χ0n) is 18.1. The van der Waals surface area contributed by atoms with Gasteiger partial charge in [-0.2, -0.15) is 0 Å². The molecule has 1 saturated carbocycles. The molecular weight excluding hydrogens is 394 g/mol. The van der Waals surface area contributed by atoms with Gasteiger partial charge in [0, 0.05) is 18.2 Å². The molecule has 1 atom stereocenters. The SMILES string of the molecule is Cc1cc2c(cc3n2C[C@@](C)(C(=O)NC2CCCCCC2)N(Cc2ccco2)C3=O)o1. The lowest BCUT2D eigenvalue weighted by Crippen LogP contribution is -2.64. The van der Waals surface area contributed by atoms with Crippen LogP contribution in [0.4, 0.5) is 0 Å². The summed E-state index contributed by atoms with van der Waals surface area (Å²) in [4.78, 5) is 28.9. The predicted octanol–water partition coefficient (Wildman–Crippen LogP) is 4.39. The molecule has 0 unspecified atom stereocenters. The van der Waals surface area contributed by atoms with Gasteiger partial charge in [0.05, 0.1) is 24.9 Å². The second kappa shape index (κ2) is 7.62. The molecule has 0 aromatic carbocycles. The number of carbonyl (C=O) groups excluding carboxylic acids is 2. The van der Waals surface area contributed by atoms with Crippen LogP contribution >= 0.6 is 0 Å². The molecule has 0 radical (unpaired) electrons. The van der Waals surface area contributed by atoms with Crippen LogP contribution < -0.4 is 5.32 Å². The Kier molecular flexibility index (Phi) is 4.91. The maximum atomic E-state index is 13.7. The van der Waals surface area contributed by atoms with Crippen molar-refractivity contribution >= 4 is 22.9 Å². The van der Waals surface area contributed by atoms with Crippen LogP contribution in [0.3, 0.4) is 0 Å². The average molecular weight is 424 g/mol. The van der Waals surface area contributed by atoms with Crippen molar-refractivity contribution < 1.29 is 18.4 Å². The molecule has 3 aromatic heterocycles. The van der Waals surface area contributed by atoms with Gasteiger partial charge in [-0.05, 0) is 38.8 Å². The van der Waals surface area contributed by atoms with Crippen molar-refractivity contribution in [1.29, 1.82) is 0 Å². The lowest BCUT2D eigenvalue weighted by molar-refractivity contribution is -0.134. The number of aryl methyl sites for hydroxylation is 1. The van der Waals surface area contributed by atoms with Crippen LogP contribution in [0.2, 0.25) is 0 Å². The van der Waals surface area contributed by atoms with E-state index in [1.165, 1.54) is 12.8 Å². The highest BCUT2D eigenvalue weighted by molar-refractivity contribution is 6.03. The first-order valence-electron chi connectivity index (χ1n) is 11.2. The van der Waals surface area contributed by atoms with Crippen molar-refractivity contribution in [3.8, 4) is 0 Å². The number of hydrogen-bond acceptors (Lipinski definition) is 4. The molecule has 1 N–H and O–H groups in total. The molecule has 1 aliphatic heterocycles. The van der Waals surface area contributed by atoms with E-state index >= 15 is 0 Å². The van der Waals surface area contributed by atoms with Gasteiger partial charge in [0.15, 0.2) is 5.58 Å². The molecule has 4 heterocycles. The van der Waals surface area contributed by atoms with Crippen molar-refractivity contribution in [3.63, 3.8) is 0 Å². The fourth-order valence-electron chi connectivity index (χ4n) is 5.03. The molecule has 1 fully saturated rings. The van der Waals surface area contributed by atoms with E-state index in [4.69, 9.17) is 8.83 Å². The third-order valence-electron chi connectivity index (χ3n) is 6.81. The topological polar surface area (TPSA) is 80.6 Å². The van der Waals surface area contributed by atoms with Crippen LogP contribution in [0.25, 0.3) is 11.1 Å². The largest absolute Gasteiger partial charge is 0.467 e. The van der Waals surface area contributed by atoms with E-state index in [0.29, 0.717) is 23.6 Å². The molecule has 1 aliphatic carbocycles. The van der Waals surface area contributed by atoms with E-state index in [1.807, 2.05) is 30.5 Å². The van der Waals surface area contributed by atoms with Crippen LogP contribution in [0, 0.1) is 6.92 Å². The minimum atomic E-state index is -1.04. The fraction of sp³-hybridized carbons (Fsp3) is 0.500. The van der Waals surface area contributed by atoms with E-state index < -0.39 is 5.54 Å². The normalized spacial score (nSPS) is 22.5.